The summed E-state index contributed by atoms with van der Waals surface area (Å²) in [7, 11) is 0. The molecule has 0 fully saturated rings. The van der Waals surface area contributed by atoms with Crippen molar-refractivity contribution in [1.29, 1.82) is 0 Å². The Bertz CT molecular complexity index is 200. The Kier molecular flexibility index (Phi) is 10.1. The van der Waals surface area contributed by atoms with Gasteiger partial charge >= 0.3 is 0 Å². The summed E-state index contributed by atoms with van der Waals surface area (Å²) in [5.74, 6) is -0.284. The average molecular weight is 245 g/mol. The molecule has 0 aromatic heterocycles. The molecule has 17 heavy (non-hydrogen) atoms. The minimum Gasteiger partial charge on any atom is -0.380 e. The lowest BCUT2D eigenvalue weighted by Gasteiger charge is -2.25. The first-order valence-electron chi connectivity index (χ1n) is 6.48. The van der Waals surface area contributed by atoms with Crippen LogP contribution in [0.4, 0.5) is 0 Å². The van der Waals surface area contributed by atoms with Gasteiger partial charge < -0.3 is 15.8 Å². The van der Waals surface area contributed by atoms with Crippen LogP contribution < -0.4 is 11.1 Å². The number of nitrogens with two attached hydrogens (primary N) is 1. The Morgan fingerprint density at radius 3 is 2.59 bits per heavy atom. The number of hydrogen-bond acceptors (Lipinski definition) is 4. The van der Waals surface area contributed by atoms with E-state index in [2.05, 4.69) is 24.1 Å². The van der Waals surface area contributed by atoms with Crippen molar-refractivity contribution < 1.29 is 9.53 Å². The molecular formula is C12H27N3O2. The molecule has 0 aliphatic carbocycles. The van der Waals surface area contributed by atoms with Crippen molar-refractivity contribution in [3.8, 4) is 0 Å². The van der Waals surface area contributed by atoms with Crippen molar-refractivity contribution in [3.05, 3.63) is 0 Å². The summed E-state index contributed by atoms with van der Waals surface area (Å²) in [4.78, 5) is 13.5. The fourth-order valence-corrected chi connectivity index (χ4v) is 1.55. The second-order valence-corrected chi connectivity index (χ2v) is 4.00. The lowest BCUT2D eigenvalue weighted by Crippen LogP contribution is -2.49. The Morgan fingerprint density at radius 1 is 1.41 bits per heavy atom. The Hall–Kier alpha value is -0.650. The summed E-state index contributed by atoms with van der Waals surface area (Å²) >= 11 is 0. The van der Waals surface area contributed by atoms with Crippen LogP contribution in [0.2, 0.25) is 0 Å². The monoisotopic (exact) mass is 245 g/mol. The number of amides is 1. The van der Waals surface area contributed by atoms with Gasteiger partial charge in [-0.3, -0.25) is 9.69 Å². The first kappa shape index (κ1) is 16.4. The Balaban J connectivity index is 4.04. The van der Waals surface area contributed by atoms with Crippen molar-refractivity contribution in [2.75, 3.05) is 39.4 Å². The highest BCUT2D eigenvalue weighted by Crippen LogP contribution is 1.94. The minimum absolute atomic E-state index is 0.267. The van der Waals surface area contributed by atoms with Crippen LogP contribution in [-0.4, -0.2) is 56.2 Å². The van der Waals surface area contributed by atoms with Crippen molar-refractivity contribution in [2.45, 2.75) is 33.2 Å². The smallest absolute Gasteiger partial charge is 0.235 e. The first-order chi connectivity index (χ1) is 8.15. The zero-order valence-electron chi connectivity index (χ0n) is 11.4. The molecule has 1 unspecified atom stereocenters. The van der Waals surface area contributed by atoms with Crippen LogP contribution in [0.3, 0.4) is 0 Å². The molecule has 102 valence electrons. The van der Waals surface area contributed by atoms with E-state index >= 15 is 0 Å². The largest absolute Gasteiger partial charge is 0.380 e. The summed E-state index contributed by atoms with van der Waals surface area (Å²) in [6.45, 7) is 10.7. The van der Waals surface area contributed by atoms with Gasteiger partial charge in [-0.2, -0.15) is 0 Å². The number of hydrogen-bond donors (Lipinski definition) is 2. The number of rotatable bonds is 11. The lowest BCUT2D eigenvalue weighted by atomic mass is 10.2. The van der Waals surface area contributed by atoms with Crippen molar-refractivity contribution >= 4 is 5.91 Å². The third-order valence-electron chi connectivity index (χ3n) is 2.63. The van der Waals surface area contributed by atoms with E-state index in [0.29, 0.717) is 13.2 Å². The van der Waals surface area contributed by atoms with Gasteiger partial charge in [-0.05, 0) is 26.4 Å². The minimum atomic E-state index is -0.284. The maximum Gasteiger partial charge on any atom is 0.235 e. The number of likely N-dealkylation sites (N-methyl/N-ethyl adjacent to an activating group) is 1. The first-order valence-corrected chi connectivity index (χ1v) is 6.48. The zero-order chi connectivity index (χ0) is 13.1. The number of primary amides is 1. The van der Waals surface area contributed by atoms with Crippen LogP contribution in [0.25, 0.3) is 0 Å². The third-order valence-corrected chi connectivity index (χ3v) is 2.63. The molecule has 0 aromatic rings. The topological polar surface area (TPSA) is 67.6 Å². The van der Waals surface area contributed by atoms with Crippen LogP contribution >= 0.6 is 0 Å². The van der Waals surface area contributed by atoms with E-state index in [4.69, 9.17) is 10.5 Å². The van der Waals surface area contributed by atoms with Gasteiger partial charge in [0.2, 0.25) is 5.91 Å². The van der Waals surface area contributed by atoms with Crippen LogP contribution in [-0.2, 0) is 9.53 Å². The van der Waals surface area contributed by atoms with Gasteiger partial charge in [0, 0.05) is 19.7 Å². The van der Waals surface area contributed by atoms with Crippen molar-refractivity contribution in [3.63, 3.8) is 0 Å². The fraction of sp³-hybridized carbons (Fsp3) is 0.917. The number of nitrogens with zero attached hydrogens (tertiary/aromatic N) is 1. The molecule has 0 heterocycles. The van der Waals surface area contributed by atoms with E-state index in [0.717, 1.165) is 32.7 Å². The summed E-state index contributed by atoms with van der Waals surface area (Å²) in [6, 6.07) is -0.267. The Morgan fingerprint density at radius 2 is 2.12 bits per heavy atom. The van der Waals surface area contributed by atoms with Gasteiger partial charge in [-0.25, -0.2) is 0 Å². The molecule has 0 aliphatic rings. The molecule has 0 rings (SSSR count). The molecule has 1 atom stereocenters. The molecule has 1 amide bonds. The standard InChI is InChI=1S/C12H27N3O2/c1-4-7-14-11(12(13)16)10-15(5-2)8-9-17-6-3/h11,14H,4-10H2,1-3H3,(H2,13,16). The van der Waals surface area contributed by atoms with Crippen LogP contribution in [0.5, 0.6) is 0 Å². The SMILES string of the molecule is CCCNC(CN(CC)CCOCC)C(N)=O. The number of carbonyl (C=O) groups excluding carboxylic acids is 1. The lowest BCUT2D eigenvalue weighted by molar-refractivity contribution is -0.120. The van der Waals surface area contributed by atoms with Gasteiger partial charge in [0.05, 0.1) is 12.6 Å². The maximum absolute atomic E-state index is 11.3. The van der Waals surface area contributed by atoms with Gasteiger partial charge in [0.25, 0.3) is 0 Å². The molecule has 0 aliphatic heterocycles. The predicted molar refractivity (Wildman–Crippen MR) is 69.9 cm³/mol. The highest BCUT2D eigenvalue weighted by atomic mass is 16.5. The number of nitrogens with one attached hydrogen (secondary N) is 1. The summed E-state index contributed by atoms with van der Waals surface area (Å²) < 4.78 is 5.31. The molecule has 3 N–H and O–H groups in total. The van der Waals surface area contributed by atoms with Crippen molar-refractivity contribution in [2.24, 2.45) is 5.73 Å². The second kappa shape index (κ2) is 10.5. The summed E-state index contributed by atoms with van der Waals surface area (Å²) in [6.07, 6.45) is 0.995. The van der Waals surface area contributed by atoms with Crippen LogP contribution in [0.15, 0.2) is 0 Å². The molecule has 0 spiro atoms. The molecular weight excluding hydrogens is 218 g/mol. The molecule has 0 saturated carbocycles. The Labute approximate surface area is 105 Å². The van der Waals surface area contributed by atoms with Crippen molar-refractivity contribution in [1.82, 2.24) is 10.2 Å². The number of carbonyl (C=O) groups is 1. The average Bonchev–Trinajstić information content (AvgIpc) is 2.32. The van der Waals surface area contributed by atoms with Crippen LogP contribution in [0.1, 0.15) is 27.2 Å². The van der Waals surface area contributed by atoms with E-state index in [9.17, 15) is 4.79 Å². The van der Waals surface area contributed by atoms with E-state index in [1.165, 1.54) is 0 Å². The van der Waals surface area contributed by atoms with Gasteiger partial charge in [-0.1, -0.05) is 13.8 Å². The van der Waals surface area contributed by atoms with E-state index in [-0.39, 0.29) is 11.9 Å². The maximum atomic E-state index is 11.3. The van der Waals surface area contributed by atoms with E-state index in [1.807, 2.05) is 6.92 Å². The molecule has 0 aromatic carbocycles. The van der Waals surface area contributed by atoms with Gasteiger partial charge in [0.15, 0.2) is 0 Å². The number of ether oxygens (including phenoxy) is 1. The quantitative estimate of drug-likeness (QED) is 0.510. The van der Waals surface area contributed by atoms with Gasteiger partial charge in [0.1, 0.15) is 0 Å². The molecule has 0 radical (unpaired) electrons. The highest BCUT2D eigenvalue weighted by Gasteiger charge is 2.17. The molecule has 5 heteroatoms. The zero-order valence-corrected chi connectivity index (χ0v) is 11.4. The van der Waals surface area contributed by atoms with Crippen LogP contribution in [0, 0.1) is 0 Å². The van der Waals surface area contributed by atoms with E-state index < -0.39 is 0 Å². The molecule has 5 nitrogen and oxygen atoms in total. The third kappa shape index (κ3) is 8.12. The fourth-order valence-electron chi connectivity index (χ4n) is 1.55. The summed E-state index contributed by atoms with van der Waals surface area (Å²) in [5.41, 5.74) is 5.38. The molecule has 0 bridgehead atoms. The second-order valence-electron chi connectivity index (χ2n) is 4.00. The normalized spacial score (nSPS) is 12.9. The molecule has 0 saturated heterocycles. The summed E-state index contributed by atoms with van der Waals surface area (Å²) in [5, 5.41) is 3.17. The van der Waals surface area contributed by atoms with E-state index in [1.54, 1.807) is 0 Å². The highest BCUT2D eigenvalue weighted by molar-refractivity contribution is 5.80. The van der Waals surface area contributed by atoms with Gasteiger partial charge in [-0.15, -0.1) is 0 Å². The predicted octanol–water partition coefficient (Wildman–Crippen LogP) is 0.198.